The summed E-state index contributed by atoms with van der Waals surface area (Å²) in [6.07, 6.45) is 0.746. The molecule has 3 rings (SSSR count). The summed E-state index contributed by atoms with van der Waals surface area (Å²) in [7, 11) is -4.07. The van der Waals surface area contributed by atoms with Crippen molar-refractivity contribution in [2.75, 3.05) is 10.8 Å². The van der Waals surface area contributed by atoms with Crippen molar-refractivity contribution in [3.05, 3.63) is 94.5 Å². The molecule has 2 amide bonds. The molecule has 0 fully saturated rings. The second-order valence-corrected chi connectivity index (χ2v) is 12.1. The summed E-state index contributed by atoms with van der Waals surface area (Å²) in [5, 5.41) is 2.94. The van der Waals surface area contributed by atoms with Gasteiger partial charge in [-0.05, 0) is 74.7 Å². The maximum absolute atomic E-state index is 13.9. The number of hydrogen-bond donors (Lipinski definition) is 1. The van der Waals surface area contributed by atoms with Gasteiger partial charge in [0, 0.05) is 17.1 Å². The Balaban J connectivity index is 2.01. The van der Waals surface area contributed by atoms with Crippen LogP contribution in [-0.2, 0) is 26.2 Å². The highest BCUT2D eigenvalue weighted by atomic mass is 79.9. The summed E-state index contributed by atoms with van der Waals surface area (Å²) in [4.78, 5) is 28.5. The van der Waals surface area contributed by atoms with Gasteiger partial charge in [-0.3, -0.25) is 13.9 Å². The molecule has 38 heavy (non-hydrogen) atoms. The SMILES string of the molecule is CC[C@H](C)NC(=O)[C@@H](C)N(Cc1ccc(Br)cc1)C(=O)CN(c1cccc(C)c1)S(=O)(=O)c1ccccc1. The largest absolute Gasteiger partial charge is 0.352 e. The van der Waals surface area contributed by atoms with Crippen LogP contribution in [0.2, 0.25) is 0 Å². The molecule has 0 unspecified atom stereocenters. The van der Waals surface area contributed by atoms with Crippen molar-refractivity contribution in [3.8, 4) is 0 Å². The molecule has 0 aromatic heterocycles. The highest BCUT2D eigenvalue weighted by molar-refractivity contribution is 9.10. The van der Waals surface area contributed by atoms with Gasteiger partial charge in [0.1, 0.15) is 12.6 Å². The lowest BCUT2D eigenvalue weighted by Crippen LogP contribution is -2.52. The third-order valence-corrected chi connectivity index (χ3v) is 8.65. The van der Waals surface area contributed by atoms with Crippen LogP contribution in [0.5, 0.6) is 0 Å². The van der Waals surface area contributed by atoms with E-state index in [1.807, 2.05) is 51.1 Å². The van der Waals surface area contributed by atoms with E-state index in [4.69, 9.17) is 0 Å². The molecule has 0 saturated carbocycles. The van der Waals surface area contributed by atoms with E-state index in [2.05, 4.69) is 21.2 Å². The molecule has 0 saturated heterocycles. The third kappa shape index (κ3) is 7.45. The first-order valence-corrected chi connectivity index (χ1v) is 14.7. The molecule has 0 radical (unpaired) electrons. The van der Waals surface area contributed by atoms with Crippen LogP contribution in [0.4, 0.5) is 5.69 Å². The van der Waals surface area contributed by atoms with Gasteiger partial charge in [-0.1, -0.05) is 65.3 Å². The number of anilines is 1. The van der Waals surface area contributed by atoms with E-state index < -0.39 is 28.5 Å². The minimum atomic E-state index is -4.07. The van der Waals surface area contributed by atoms with Gasteiger partial charge in [-0.15, -0.1) is 0 Å². The summed E-state index contributed by atoms with van der Waals surface area (Å²) in [6.45, 7) is 7.08. The standard InChI is InChI=1S/C29H34BrN3O4S/c1-5-22(3)31-29(35)23(4)32(19-24-14-16-25(30)17-15-24)28(34)20-33(26-11-9-10-21(2)18-26)38(36,37)27-12-7-6-8-13-27/h6-18,22-23H,5,19-20H2,1-4H3,(H,31,35)/t22-,23+/m0/s1. The Morgan fingerprint density at radius 2 is 1.61 bits per heavy atom. The number of nitrogens with one attached hydrogen (secondary N) is 1. The summed E-state index contributed by atoms with van der Waals surface area (Å²) < 4.78 is 29.5. The second kappa shape index (κ2) is 13.1. The van der Waals surface area contributed by atoms with E-state index in [-0.39, 0.29) is 23.4 Å². The zero-order valence-corrected chi connectivity index (χ0v) is 24.5. The van der Waals surface area contributed by atoms with E-state index in [9.17, 15) is 18.0 Å². The average molecular weight is 601 g/mol. The Morgan fingerprint density at radius 1 is 0.947 bits per heavy atom. The Hall–Kier alpha value is -3.17. The lowest BCUT2D eigenvalue weighted by Gasteiger charge is -2.32. The minimum absolute atomic E-state index is 0.0585. The molecule has 0 bridgehead atoms. The average Bonchev–Trinajstić information content (AvgIpc) is 2.91. The highest BCUT2D eigenvalue weighted by Crippen LogP contribution is 2.25. The number of carbonyl (C=O) groups excluding carboxylic acids is 2. The minimum Gasteiger partial charge on any atom is -0.352 e. The van der Waals surface area contributed by atoms with Crippen LogP contribution in [0.3, 0.4) is 0 Å². The van der Waals surface area contributed by atoms with Crippen LogP contribution in [0.25, 0.3) is 0 Å². The Kier molecular flexibility index (Phi) is 10.1. The van der Waals surface area contributed by atoms with E-state index in [1.54, 1.807) is 43.3 Å². The molecule has 0 aliphatic rings. The van der Waals surface area contributed by atoms with Crippen molar-refractivity contribution in [2.45, 2.75) is 57.6 Å². The first kappa shape index (κ1) is 29.4. The maximum atomic E-state index is 13.9. The Labute approximate surface area is 234 Å². The van der Waals surface area contributed by atoms with Crippen molar-refractivity contribution in [1.82, 2.24) is 10.2 Å². The highest BCUT2D eigenvalue weighted by Gasteiger charge is 2.32. The van der Waals surface area contributed by atoms with Crippen molar-refractivity contribution in [1.29, 1.82) is 0 Å². The van der Waals surface area contributed by atoms with Gasteiger partial charge in [-0.25, -0.2) is 8.42 Å². The van der Waals surface area contributed by atoms with Gasteiger partial charge >= 0.3 is 0 Å². The number of hydrogen-bond acceptors (Lipinski definition) is 4. The van der Waals surface area contributed by atoms with Crippen molar-refractivity contribution in [2.24, 2.45) is 0 Å². The number of sulfonamides is 1. The van der Waals surface area contributed by atoms with Crippen LogP contribution in [0, 0.1) is 6.92 Å². The molecule has 3 aromatic rings. The first-order valence-electron chi connectivity index (χ1n) is 12.5. The van der Waals surface area contributed by atoms with E-state index >= 15 is 0 Å². The van der Waals surface area contributed by atoms with Gasteiger partial charge in [0.15, 0.2) is 0 Å². The number of amides is 2. The van der Waals surface area contributed by atoms with Gasteiger partial charge in [0.05, 0.1) is 10.6 Å². The number of carbonyl (C=O) groups is 2. The van der Waals surface area contributed by atoms with E-state index in [0.29, 0.717) is 5.69 Å². The molecule has 1 N–H and O–H groups in total. The van der Waals surface area contributed by atoms with E-state index in [0.717, 1.165) is 26.3 Å². The molecule has 3 aromatic carbocycles. The van der Waals surface area contributed by atoms with Crippen LogP contribution in [-0.4, -0.2) is 43.8 Å². The monoisotopic (exact) mass is 599 g/mol. The fraction of sp³-hybridized carbons (Fsp3) is 0.310. The predicted molar refractivity (Wildman–Crippen MR) is 154 cm³/mol. The van der Waals surface area contributed by atoms with E-state index in [1.165, 1.54) is 17.0 Å². The fourth-order valence-electron chi connectivity index (χ4n) is 3.87. The molecule has 202 valence electrons. The van der Waals surface area contributed by atoms with Gasteiger partial charge in [0.2, 0.25) is 11.8 Å². The van der Waals surface area contributed by atoms with Crippen molar-refractivity contribution >= 4 is 43.5 Å². The Bertz CT molecular complexity index is 1350. The fourth-order valence-corrected chi connectivity index (χ4v) is 5.56. The lowest BCUT2D eigenvalue weighted by atomic mass is 10.1. The zero-order valence-electron chi connectivity index (χ0n) is 22.1. The number of halogens is 1. The van der Waals surface area contributed by atoms with Crippen molar-refractivity contribution in [3.63, 3.8) is 0 Å². The van der Waals surface area contributed by atoms with Gasteiger partial charge in [-0.2, -0.15) is 0 Å². The lowest BCUT2D eigenvalue weighted by molar-refractivity contribution is -0.139. The number of rotatable bonds is 11. The van der Waals surface area contributed by atoms with Crippen LogP contribution in [0.15, 0.2) is 88.2 Å². The number of nitrogens with zero attached hydrogens (tertiary/aromatic N) is 2. The Morgan fingerprint density at radius 3 is 2.21 bits per heavy atom. The molecule has 0 spiro atoms. The molecule has 9 heteroatoms. The number of aryl methyl sites for hydroxylation is 1. The molecular formula is C29H34BrN3O4S. The third-order valence-electron chi connectivity index (χ3n) is 6.33. The van der Waals surface area contributed by atoms with Crippen LogP contribution in [0.1, 0.15) is 38.3 Å². The van der Waals surface area contributed by atoms with Crippen LogP contribution < -0.4 is 9.62 Å². The molecule has 2 atom stereocenters. The smallest absolute Gasteiger partial charge is 0.264 e. The molecular weight excluding hydrogens is 566 g/mol. The van der Waals surface area contributed by atoms with Gasteiger partial charge in [0.25, 0.3) is 10.0 Å². The maximum Gasteiger partial charge on any atom is 0.264 e. The first-order chi connectivity index (χ1) is 18.0. The quantitative estimate of drug-likeness (QED) is 0.324. The number of benzene rings is 3. The summed E-state index contributed by atoms with van der Waals surface area (Å²) in [5.41, 5.74) is 2.05. The molecule has 0 aliphatic heterocycles. The topological polar surface area (TPSA) is 86.8 Å². The molecule has 7 nitrogen and oxygen atoms in total. The summed E-state index contributed by atoms with van der Waals surface area (Å²) in [6, 6.07) is 21.6. The van der Waals surface area contributed by atoms with Gasteiger partial charge < -0.3 is 10.2 Å². The summed E-state index contributed by atoms with van der Waals surface area (Å²) >= 11 is 3.42. The van der Waals surface area contributed by atoms with Crippen molar-refractivity contribution < 1.29 is 18.0 Å². The zero-order chi connectivity index (χ0) is 27.9. The second-order valence-electron chi connectivity index (χ2n) is 9.31. The normalized spacial score (nSPS) is 12.9. The summed E-state index contributed by atoms with van der Waals surface area (Å²) in [5.74, 6) is -0.779. The molecule has 0 heterocycles. The molecule has 0 aliphatic carbocycles. The predicted octanol–water partition coefficient (Wildman–Crippen LogP) is 5.28. The van der Waals surface area contributed by atoms with Crippen LogP contribution >= 0.6 is 15.9 Å².